The average Bonchev–Trinajstić information content (AvgIpc) is 3.11. The molecule has 0 aliphatic heterocycles. The molecule has 2 aromatic carbocycles. The number of amides is 1. The predicted octanol–water partition coefficient (Wildman–Crippen LogP) is 4.12. The number of esters is 1. The summed E-state index contributed by atoms with van der Waals surface area (Å²) in [4.78, 5) is 25.4. The smallest absolute Gasteiger partial charge is 0.387 e. The van der Waals surface area contributed by atoms with Crippen molar-refractivity contribution in [3.05, 3.63) is 77.6 Å². The molecule has 0 spiro atoms. The molecule has 3 aromatic rings. The maximum atomic E-state index is 12.7. The van der Waals surface area contributed by atoms with Crippen molar-refractivity contribution in [2.24, 2.45) is 0 Å². The minimum Gasteiger partial charge on any atom is -0.444 e. The molecule has 3 rings (SSSR count). The zero-order chi connectivity index (χ0) is 20.8. The number of halogens is 2. The summed E-state index contributed by atoms with van der Waals surface area (Å²) in [7, 11) is 0. The van der Waals surface area contributed by atoms with Crippen LogP contribution in [0.1, 0.15) is 27.8 Å². The van der Waals surface area contributed by atoms with Gasteiger partial charge < -0.3 is 19.3 Å². The number of alkyl halides is 2. The van der Waals surface area contributed by atoms with Crippen LogP contribution in [0.5, 0.6) is 5.75 Å². The summed E-state index contributed by atoms with van der Waals surface area (Å²) < 4.78 is 39.8. The van der Waals surface area contributed by atoms with E-state index in [1.54, 1.807) is 37.3 Å². The number of nitrogens with one attached hydrogen (secondary N) is 1. The van der Waals surface area contributed by atoms with Crippen LogP contribution >= 0.6 is 0 Å². The number of aromatic nitrogens is 1. The summed E-state index contributed by atoms with van der Waals surface area (Å²) in [6.07, 6.45) is -1.36. The number of nitrogens with zero attached hydrogens (tertiary/aromatic N) is 1. The van der Waals surface area contributed by atoms with E-state index in [0.29, 0.717) is 11.3 Å². The highest BCUT2D eigenvalue weighted by Crippen LogP contribution is 2.26. The van der Waals surface area contributed by atoms with Gasteiger partial charge in [0.15, 0.2) is 5.82 Å². The molecule has 0 radical (unpaired) electrons. The van der Waals surface area contributed by atoms with Gasteiger partial charge in [-0.15, -0.1) is 0 Å². The van der Waals surface area contributed by atoms with Crippen molar-refractivity contribution in [2.45, 2.75) is 19.6 Å². The van der Waals surface area contributed by atoms with Gasteiger partial charge in [0.05, 0.1) is 0 Å². The van der Waals surface area contributed by atoms with E-state index in [4.69, 9.17) is 9.26 Å². The number of carbonyl (C=O) groups excluding carboxylic acids is 2. The Balaban J connectivity index is 1.86. The van der Waals surface area contributed by atoms with E-state index < -0.39 is 24.6 Å². The molecule has 0 unspecified atom stereocenters. The van der Waals surface area contributed by atoms with E-state index in [1.165, 1.54) is 30.3 Å². The Labute approximate surface area is 164 Å². The largest absolute Gasteiger partial charge is 0.444 e. The Kier molecular flexibility index (Phi) is 6.18. The van der Waals surface area contributed by atoms with Crippen LogP contribution in [-0.4, -0.2) is 23.6 Å². The number of hydrogen-bond donors (Lipinski definition) is 1. The lowest BCUT2D eigenvalue weighted by molar-refractivity contribution is -0.125. The van der Waals surface area contributed by atoms with Crippen molar-refractivity contribution in [3.63, 3.8) is 0 Å². The summed E-state index contributed by atoms with van der Waals surface area (Å²) >= 11 is 0. The van der Waals surface area contributed by atoms with Crippen LogP contribution in [0.3, 0.4) is 0 Å². The van der Waals surface area contributed by atoms with Crippen molar-refractivity contribution >= 4 is 17.7 Å². The van der Waals surface area contributed by atoms with Gasteiger partial charge in [-0.2, -0.15) is 8.78 Å². The third kappa shape index (κ3) is 5.16. The molecule has 150 valence electrons. The fourth-order valence-electron chi connectivity index (χ4n) is 2.52. The molecular formula is C20H16F2N2O5. The fraction of sp³-hybridized carbons (Fsp3) is 0.150. The second-order valence-electron chi connectivity index (χ2n) is 5.88. The minimum absolute atomic E-state index is 0.144. The third-order valence-corrected chi connectivity index (χ3v) is 3.77. The molecular weight excluding hydrogens is 386 g/mol. The van der Waals surface area contributed by atoms with Crippen LogP contribution in [0.25, 0.3) is 0 Å². The fourth-order valence-corrected chi connectivity index (χ4v) is 2.52. The summed E-state index contributed by atoms with van der Waals surface area (Å²) in [5.74, 6) is -1.42. The molecule has 0 saturated carbocycles. The monoisotopic (exact) mass is 402 g/mol. The molecule has 1 aromatic heterocycles. The molecule has 1 atom stereocenters. The van der Waals surface area contributed by atoms with Crippen LogP contribution in [0.2, 0.25) is 0 Å². The van der Waals surface area contributed by atoms with Gasteiger partial charge in [-0.25, -0.2) is 4.79 Å². The number of aryl methyl sites for hydroxylation is 1. The lowest BCUT2D eigenvalue weighted by Gasteiger charge is -2.18. The van der Waals surface area contributed by atoms with E-state index >= 15 is 0 Å². The van der Waals surface area contributed by atoms with Crippen LogP contribution in [-0.2, 0) is 9.53 Å². The second-order valence-corrected chi connectivity index (χ2v) is 5.88. The van der Waals surface area contributed by atoms with Crippen LogP contribution in [0, 0.1) is 6.92 Å². The highest BCUT2D eigenvalue weighted by Gasteiger charge is 2.28. The molecule has 9 heteroatoms. The predicted molar refractivity (Wildman–Crippen MR) is 97.5 cm³/mol. The number of benzene rings is 2. The second kappa shape index (κ2) is 8.96. The maximum absolute atomic E-state index is 12.7. The van der Waals surface area contributed by atoms with E-state index in [-0.39, 0.29) is 17.1 Å². The molecule has 1 amide bonds. The molecule has 0 saturated heterocycles. The first-order chi connectivity index (χ1) is 13.9. The molecule has 0 bridgehead atoms. The highest BCUT2D eigenvalue weighted by atomic mass is 19.3. The van der Waals surface area contributed by atoms with Crippen LogP contribution in [0.15, 0.2) is 65.2 Å². The van der Waals surface area contributed by atoms with Gasteiger partial charge in [0, 0.05) is 11.6 Å². The first-order valence-electron chi connectivity index (χ1n) is 8.48. The van der Waals surface area contributed by atoms with Gasteiger partial charge in [0.25, 0.3) is 5.91 Å². The summed E-state index contributed by atoms with van der Waals surface area (Å²) in [5, 5.41) is 6.16. The Hall–Kier alpha value is -3.75. The summed E-state index contributed by atoms with van der Waals surface area (Å²) in [6, 6.07) is 15.1. The van der Waals surface area contributed by atoms with Gasteiger partial charge in [0.2, 0.25) is 6.10 Å². The summed E-state index contributed by atoms with van der Waals surface area (Å²) in [6.45, 7) is -1.47. The Morgan fingerprint density at radius 2 is 1.76 bits per heavy atom. The molecule has 1 N–H and O–H groups in total. The molecule has 0 aliphatic carbocycles. The minimum atomic E-state index is -3.12. The van der Waals surface area contributed by atoms with E-state index in [1.807, 2.05) is 0 Å². The zero-order valence-corrected chi connectivity index (χ0v) is 15.2. The topological polar surface area (TPSA) is 90.7 Å². The number of rotatable bonds is 7. The van der Waals surface area contributed by atoms with Gasteiger partial charge in [-0.05, 0) is 19.1 Å². The van der Waals surface area contributed by atoms with E-state index in [0.717, 1.165) is 0 Å². The van der Waals surface area contributed by atoms with Gasteiger partial charge in [-0.1, -0.05) is 47.6 Å². The zero-order valence-electron chi connectivity index (χ0n) is 15.2. The highest BCUT2D eigenvalue weighted by molar-refractivity contribution is 5.98. The van der Waals surface area contributed by atoms with Crippen LogP contribution in [0.4, 0.5) is 14.6 Å². The number of carbonyl (C=O) groups is 2. The number of hydrogen-bond acceptors (Lipinski definition) is 6. The lowest BCUT2D eigenvalue weighted by Crippen LogP contribution is -2.26. The third-order valence-electron chi connectivity index (χ3n) is 3.77. The number of para-hydroxylation sites is 1. The Morgan fingerprint density at radius 3 is 2.41 bits per heavy atom. The van der Waals surface area contributed by atoms with Crippen LogP contribution < -0.4 is 10.1 Å². The SMILES string of the molecule is Cc1cc(NC(=O)[C@H](OC(=O)c2ccccc2OC(F)F)c2ccccc2)no1. The van der Waals surface area contributed by atoms with Crippen molar-refractivity contribution in [1.29, 1.82) is 0 Å². The molecule has 0 fully saturated rings. The molecule has 29 heavy (non-hydrogen) atoms. The normalized spacial score (nSPS) is 11.7. The average molecular weight is 402 g/mol. The Bertz CT molecular complexity index is 991. The van der Waals surface area contributed by atoms with Gasteiger partial charge in [0.1, 0.15) is 17.1 Å². The van der Waals surface area contributed by atoms with Gasteiger partial charge >= 0.3 is 12.6 Å². The standard InChI is InChI=1S/C20H16F2N2O5/c1-12-11-16(24-29-12)23-18(25)17(13-7-3-2-4-8-13)28-19(26)14-9-5-6-10-15(14)27-20(21)22/h2-11,17,20H,1H3,(H,23,24,25)/t17-/m1/s1. The first-order valence-corrected chi connectivity index (χ1v) is 8.48. The van der Waals surface area contributed by atoms with Crippen molar-refractivity contribution in [1.82, 2.24) is 5.16 Å². The van der Waals surface area contributed by atoms with E-state index in [2.05, 4.69) is 15.2 Å². The first kappa shape index (κ1) is 20.0. The van der Waals surface area contributed by atoms with Gasteiger partial charge in [-0.3, -0.25) is 4.79 Å². The quantitative estimate of drug-likeness (QED) is 0.598. The van der Waals surface area contributed by atoms with E-state index in [9.17, 15) is 18.4 Å². The number of anilines is 1. The van der Waals surface area contributed by atoms with Crippen molar-refractivity contribution < 1.29 is 32.4 Å². The lowest BCUT2D eigenvalue weighted by atomic mass is 10.1. The van der Waals surface area contributed by atoms with Crippen molar-refractivity contribution in [3.8, 4) is 5.75 Å². The number of ether oxygens (including phenoxy) is 2. The summed E-state index contributed by atoms with van der Waals surface area (Å²) in [5.41, 5.74) is 0.143. The molecule has 7 nitrogen and oxygen atoms in total. The maximum Gasteiger partial charge on any atom is 0.387 e. The van der Waals surface area contributed by atoms with Crippen molar-refractivity contribution in [2.75, 3.05) is 5.32 Å². The molecule has 1 heterocycles. The Morgan fingerprint density at radius 1 is 1.07 bits per heavy atom. The molecule has 0 aliphatic rings.